The fraction of sp³-hybridized carbons (Fsp3) is 0.636. The van der Waals surface area contributed by atoms with E-state index < -0.39 is 0 Å². The predicted molar refractivity (Wildman–Crippen MR) is 59.2 cm³/mol. The number of hydrogen-bond acceptors (Lipinski definition) is 4. The number of rotatable bonds is 2. The van der Waals surface area contributed by atoms with Crippen LogP contribution in [-0.4, -0.2) is 42.1 Å². The highest BCUT2D eigenvalue weighted by molar-refractivity contribution is 5.91. The largest absolute Gasteiger partial charge is 0.351 e. The summed E-state index contributed by atoms with van der Waals surface area (Å²) in [6.07, 6.45) is 2.15. The van der Waals surface area contributed by atoms with Crippen LogP contribution in [0.3, 0.4) is 0 Å². The van der Waals surface area contributed by atoms with Gasteiger partial charge >= 0.3 is 0 Å². The summed E-state index contributed by atoms with van der Waals surface area (Å²) in [7, 11) is 1.82. The molecule has 2 heterocycles. The highest BCUT2D eigenvalue weighted by Crippen LogP contribution is 2.13. The van der Waals surface area contributed by atoms with Crippen LogP contribution in [0.1, 0.15) is 29.1 Å². The molecule has 1 atom stereocenters. The van der Waals surface area contributed by atoms with Crippen LogP contribution < -0.4 is 5.32 Å². The molecule has 0 spiro atoms. The summed E-state index contributed by atoms with van der Waals surface area (Å²) in [5.41, 5.74) is 0.735. The van der Waals surface area contributed by atoms with Gasteiger partial charge in [-0.1, -0.05) is 5.16 Å². The molecule has 1 aliphatic rings. The van der Waals surface area contributed by atoms with E-state index in [1.807, 2.05) is 14.0 Å². The van der Waals surface area contributed by atoms with Crippen molar-refractivity contribution in [3.05, 3.63) is 17.5 Å². The zero-order valence-corrected chi connectivity index (χ0v) is 9.69. The normalized spacial score (nSPS) is 20.8. The molecular weight excluding hydrogens is 206 g/mol. The van der Waals surface area contributed by atoms with E-state index in [1.165, 1.54) is 0 Å². The number of aromatic nitrogens is 1. The van der Waals surface area contributed by atoms with Crippen molar-refractivity contribution in [2.75, 3.05) is 20.1 Å². The average Bonchev–Trinajstić information content (AvgIpc) is 2.75. The second kappa shape index (κ2) is 4.65. The van der Waals surface area contributed by atoms with Gasteiger partial charge in [0.25, 0.3) is 5.91 Å². The Hall–Kier alpha value is -1.36. The van der Waals surface area contributed by atoms with Crippen molar-refractivity contribution < 1.29 is 9.32 Å². The molecule has 5 nitrogen and oxygen atoms in total. The first-order valence-corrected chi connectivity index (χ1v) is 5.59. The number of carbonyl (C=O) groups excluding carboxylic acids is 1. The van der Waals surface area contributed by atoms with Gasteiger partial charge in [-0.25, -0.2) is 0 Å². The Bertz CT molecular complexity index is 369. The molecule has 1 amide bonds. The third-order valence-electron chi connectivity index (χ3n) is 2.98. The monoisotopic (exact) mass is 223 g/mol. The average molecular weight is 223 g/mol. The van der Waals surface area contributed by atoms with Crippen LogP contribution >= 0.6 is 0 Å². The lowest BCUT2D eigenvalue weighted by Crippen LogP contribution is -2.46. The minimum absolute atomic E-state index is 0.0886. The fourth-order valence-electron chi connectivity index (χ4n) is 1.97. The maximum atomic E-state index is 12.0. The summed E-state index contributed by atoms with van der Waals surface area (Å²) in [5, 5.41) is 7.01. The first-order valence-electron chi connectivity index (χ1n) is 5.59. The van der Waals surface area contributed by atoms with Gasteiger partial charge in [-0.05, 0) is 26.3 Å². The fourth-order valence-corrected chi connectivity index (χ4v) is 1.97. The van der Waals surface area contributed by atoms with Crippen molar-refractivity contribution in [2.24, 2.45) is 0 Å². The molecular formula is C11H17N3O2. The molecule has 16 heavy (non-hydrogen) atoms. The summed E-state index contributed by atoms with van der Waals surface area (Å²) >= 11 is 0. The number of nitrogens with zero attached hydrogens (tertiary/aromatic N) is 2. The number of piperidine rings is 1. The SMILES string of the molecule is Cc1cc(C(=O)N(C)C2CCCNC2)on1. The van der Waals surface area contributed by atoms with Gasteiger partial charge in [0.1, 0.15) is 0 Å². The third kappa shape index (κ3) is 2.24. The number of nitrogens with one attached hydrogen (secondary N) is 1. The Labute approximate surface area is 94.8 Å². The number of likely N-dealkylation sites (N-methyl/N-ethyl adjacent to an activating group) is 1. The first kappa shape index (κ1) is 11.1. The number of aryl methyl sites for hydroxylation is 1. The second-order valence-electron chi connectivity index (χ2n) is 4.25. The van der Waals surface area contributed by atoms with Crippen molar-refractivity contribution in [1.29, 1.82) is 0 Å². The van der Waals surface area contributed by atoms with E-state index in [9.17, 15) is 4.79 Å². The quantitative estimate of drug-likeness (QED) is 0.806. The number of hydrogen-bond donors (Lipinski definition) is 1. The minimum Gasteiger partial charge on any atom is -0.351 e. The lowest BCUT2D eigenvalue weighted by atomic mass is 10.1. The van der Waals surface area contributed by atoms with Crippen LogP contribution in [0.4, 0.5) is 0 Å². The molecule has 1 fully saturated rings. The lowest BCUT2D eigenvalue weighted by molar-refractivity contribution is 0.0666. The van der Waals surface area contributed by atoms with E-state index in [2.05, 4.69) is 10.5 Å². The van der Waals surface area contributed by atoms with Crippen molar-refractivity contribution in [2.45, 2.75) is 25.8 Å². The van der Waals surface area contributed by atoms with Gasteiger partial charge in [0.05, 0.1) is 5.69 Å². The minimum atomic E-state index is -0.0886. The Kier molecular flexibility index (Phi) is 3.24. The molecule has 1 aliphatic heterocycles. The zero-order valence-electron chi connectivity index (χ0n) is 9.69. The van der Waals surface area contributed by atoms with Gasteiger partial charge in [0.15, 0.2) is 0 Å². The molecule has 88 valence electrons. The van der Waals surface area contributed by atoms with Crippen LogP contribution in [0.25, 0.3) is 0 Å². The predicted octanol–water partition coefficient (Wildman–Crippen LogP) is 0.807. The molecule has 2 rings (SSSR count). The topological polar surface area (TPSA) is 58.4 Å². The van der Waals surface area contributed by atoms with Gasteiger partial charge in [-0.15, -0.1) is 0 Å². The Morgan fingerprint density at radius 1 is 1.69 bits per heavy atom. The molecule has 0 aliphatic carbocycles. The summed E-state index contributed by atoms with van der Waals surface area (Å²) in [6.45, 7) is 3.71. The van der Waals surface area contributed by atoms with Gasteiger partial charge < -0.3 is 14.7 Å². The highest BCUT2D eigenvalue weighted by atomic mass is 16.5. The molecule has 1 aromatic heterocycles. The van der Waals surface area contributed by atoms with Crippen LogP contribution in [-0.2, 0) is 0 Å². The smallest absolute Gasteiger partial charge is 0.292 e. The van der Waals surface area contributed by atoms with Gasteiger partial charge in [0, 0.05) is 25.7 Å². The van der Waals surface area contributed by atoms with Crippen LogP contribution in [0.5, 0.6) is 0 Å². The van der Waals surface area contributed by atoms with Gasteiger partial charge in [-0.3, -0.25) is 4.79 Å². The van der Waals surface area contributed by atoms with Gasteiger partial charge in [-0.2, -0.15) is 0 Å². The van der Waals surface area contributed by atoms with E-state index in [1.54, 1.807) is 11.0 Å². The molecule has 1 aromatic rings. The first-order chi connectivity index (χ1) is 7.68. The van der Waals surface area contributed by atoms with Crippen LogP contribution in [0.15, 0.2) is 10.6 Å². The van der Waals surface area contributed by atoms with E-state index in [0.717, 1.165) is 31.6 Å². The molecule has 0 aromatic carbocycles. The molecule has 1 unspecified atom stereocenters. The molecule has 1 N–H and O–H groups in total. The Balaban J connectivity index is 2.03. The van der Waals surface area contributed by atoms with Crippen molar-refractivity contribution in [3.8, 4) is 0 Å². The van der Waals surface area contributed by atoms with Gasteiger partial charge in [0.2, 0.25) is 5.76 Å². The molecule has 0 bridgehead atoms. The highest BCUT2D eigenvalue weighted by Gasteiger charge is 2.25. The summed E-state index contributed by atoms with van der Waals surface area (Å²) < 4.78 is 4.98. The van der Waals surface area contributed by atoms with E-state index in [-0.39, 0.29) is 11.9 Å². The summed E-state index contributed by atoms with van der Waals surface area (Å²) in [6, 6.07) is 1.93. The molecule has 0 radical (unpaired) electrons. The van der Waals surface area contributed by atoms with Crippen molar-refractivity contribution in [3.63, 3.8) is 0 Å². The van der Waals surface area contributed by atoms with Crippen molar-refractivity contribution >= 4 is 5.91 Å². The molecule has 5 heteroatoms. The van der Waals surface area contributed by atoms with Crippen molar-refractivity contribution in [1.82, 2.24) is 15.4 Å². The number of amides is 1. The standard InChI is InChI=1S/C11H17N3O2/c1-8-6-10(16-13-8)11(15)14(2)9-4-3-5-12-7-9/h6,9,12H,3-5,7H2,1-2H3. The maximum absolute atomic E-state index is 12.0. The summed E-state index contributed by atoms with van der Waals surface area (Å²) in [4.78, 5) is 13.8. The zero-order chi connectivity index (χ0) is 11.5. The lowest BCUT2D eigenvalue weighted by Gasteiger charge is -2.30. The Morgan fingerprint density at radius 2 is 2.50 bits per heavy atom. The Morgan fingerprint density at radius 3 is 3.06 bits per heavy atom. The van der Waals surface area contributed by atoms with E-state index >= 15 is 0 Å². The second-order valence-corrected chi connectivity index (χ2v) is 4.25. The third-order valence-corrected chi connectivity index (χ3v) is 2.98. The van der Waals surface area contributed by atoms with Crippen LogP contribution in [0, 0.1) is 6.92 Å². The summed E-state index contributed by atoms with van der Waals surface area (Å²) in [5.74, 6) is 0.236. The molecule has 1 saturated heterocycles. The molecule has 0 saturated carbocycles. The van der Waals surface area contributed by atoms with E-state index in [4.69, 9.17) is 4.52 Å². The van der Waals surface area contributed by atoms with Crippen LogP contribution in [0.2, 0.25) is 0 Å². The maximum Gasteiger partial charge on any atom is 0.292 e. The van der Waals surface area contributed by atoms with E-state index in [0.29, 0.717) is 5.76 Å². The number of carbonyl (C=O) groups is 1.